The Labute approximate surface area is 102 Å². The Bertz CT molecular complexity index is 323. The molecule has 0 saturated heterocycles. The fraction of sp³-hybridized carbons (Fsp3) is 0.615. The van der Waals surface area contributed by atoms with Crippen molar-refractivity contribution < 1.29 is 0 Å². The zero-order valence-electron chi connectivity index (χ0n) is 9.75. The van der Waals surface area contributed by atoms with Crippen molar-refractivity contribution >= 4 is 11.6 Å². The van der Waals surface area contributed by atoms with Crippen LogP contribution in [-0.4, -0.2) is 11.0 Å². The minimum atomic E-state index is 0.683. The van der Waals surface area contributed by atoms with E-state index in [4.69, 9.17) is 11.6 Å². The highest BCUT2D eigenvalue weighted by atomic mass is 35.5. The van der Waals surface area contributed by atoms with Crippen LogP contribution in [0.1, 0.15) is 38.3 Å². The van der Waals surface area contributed by atoms with Crippen molar-refractivity contribution in [3.05, 3.63) is 29.0 Å². The highest BCUT2D eigenvalue weighted by Gasteiger charge is 2.22. The molecule has 2 unspecified atom stereocenters. The average Bonchev–Trinajstić information content (AvgIpc) is 2.76. The Morgan fingerprint density at radius 2 is 2.31 bits per heavy atom. The molecule has 0 aromatic carbocycles. The molecule has 1 N–H and O–H groups in total. The van der Waals surface area contributed by atoms with Crippen molar-refractivity contribution in [2.75, 3.05) is 0 Å². The van der Waals surface area contributed by atoms with Gasteiger partial charge >= 0.3 is 0 Å². The van der Waals surface area contributed by atoms with Gasteiger partial charge in [-0.05, 0) is 37.3 Å². The first-order valence-electron chi connectivity index (χ1n) is 6.11. The third kappa shape index (κ3) is 3.19. The molecule has 1 aliphatic carbocycles. The van der Waals surface area contributed by atoms with Crippen LogP contribution in [0.4, 0.5) is 0 Å². The van der Waals surface area contributed by atoms with Gasteiger partial charge in [0.05, 0.1) is 10.7 Å². The van der Waals surface area contributed by atoms with E-state index in [1.165, 1.54) is 25.7 Å². The largest absolute Gasteiger partial charge is 0.308 e. The van der Waals surface area contributed by atoms with Gasteiger partial charge in [-0.2, -0.15) is 0 Å². The van der Waals surface area contributed by atoms with Gasteiger partial charge in [-0.15, -0.1) is 0 Å². The first kappa shape index (κ1) is 11.9. The first-order chi connectivity index (χ1) is 7.78. The second-order valence-corrected chi connectivity index (χ2v) is 5.07. The van der Waals surface area contributed by atoms with Crippen LogP contribution in [0.5, 0.6) is 0 Å². The van der Waals surface area contributed by atoms with Gasteiger partial charge in [0.15, 0.2) is 0 Å². The fourth-order valence-electron chi connectivity index (χ4n) is 2.39. The Balaban J connectivity index is 1.77. The maximum Gasteiger partial charge on any atom is 0.0589 e. The molecule has 0 radical (unpaired) electrons. The molecule has 2 nitrogen and oxygen atoms in total. The smallest absolute Gasteiger partial charge is 0.0589 e. The molecule has 1 saturated carbocycles. The molecule has 3 heteroatoms. The third-order valence-electron chi connectivity index (χ3n) is 3.48. The molecule has 1 heterocycles. The summed E-state index contributed by atoms with van der Waals surface area (Å²) in [6.45, 7) is 3.14. The summed E-state index contributed by atoms with van der Waals surface area (Å²) in [6.07, 6.45) is 7.04. The summed E-state index contributed by atoms with van der Waals surface area (Å²) in [5.41, 5.74) is 1.07. The van der Waals surface area contributed by atoms with Crippen LogP contribution in [0.25, 0.3) is 0 Å². The molecule has 2 rings (SSSR count). The summed E-state index contributed by atoms with van der Waals surface area (Å²) >= 11 is 5.79. The number of hydrogen-bond donors (Lipinski definition) is 1. The molecule has 16 heavy (non-hydrogen) atoms. The number of pyridine rings is 1. The quantitative estimate of drug-likeness (QED) is 0.870. The number of halogens is 1. The van der Waals surface area contributed by atoms with Crippen LogP contribution in [0, 0.1) is 5.92 Å². The second-order valence-electron chi connectivity index (χ2n) is 4.63. The van der Waals surface area contributed by atoms with Crippen LogP contribution in [0.3, 0.4) is 0 Å². The Kier molecular flexibility index (Phi) is 4.19. The van der Waals surface area contributed by atoms with Crippen molar-refractivity contribution in [3.8, 4) is 0 Å². The van der Waals surface area contributed by atoms with Crippen molar-refractivity contribution in [1.29, 1.82) is 0 Å². The van der Waals surface area contributed by atoms with E-state index in [2.05, 4.69) is 17.2 Å². The van der Waals surface area contributed by atoms with Gasteiger partial charge < -0.3 is 5.32 Å². The van der Waals surface area contributed by atoms with Crippen LogP contribution in [0.15, 0.2) is 18.3 Å². The van der Waals surface area contributed by atoms with E-state index in [1.54, 1.807) is 6.20 Å². The molecule has 2 atom stereocenters. The third-order valence-corrected chi connectivity index (χ3v) is 3.70. The minimum Gasteiger partial charge on any atom is -0.308 e. The first-order valence-corrected chi connectivity index (χ1v) is 6.49. The highest BCUT2D eigenvalue weighted by Crippen LogP contribution is 2.27. The molecular formula is C13H19ClN2. The van der Waals surface area contributed by atoms with E-state index in [-0.39, 0.29) is 0 Å². The predicted molar refractivity (Wildman–Crippen MR) is 67.5 cm³/mol. The summed E-state index contributed by atoms with van der Waals surface area (Å²) in [5.74, 6) is 0.927. The normalized spacial score (nSPS) is 24.9. The standard InChI is InChI=1S/C13H19ClN2/c1-2-10-3-5-12(7-10)16-9-13-6-4-11(14)8-15-13/h4,6,8,10,12,16H,2-3,5,7,9H2,1H3. The molecule has 0 spiro atoms. The monoisotopic (exact) mass is 238 g/mol. The summed E-state index contributed by atoms with van der Waals surface area (Å²) in [7, 11) is 0. The highest BCUT2D eigenvalue weighted by molar-refractivity contribution is 6.30. The van der Waals surface area contributed by atoms with E-state index in [0.717, 1.165) is 18.2 Å². The van der Waals surface area contributed by atoms with Gasteiger partial charge in [-0.1, -0.05) is 24.9 Å². The Hall–Kier alpha value is -0.600. The van der Waals surface area contributed by atoms with Crippen LogP contribution in [-0.2, 0) is 6.54 Å². The van der Waals surface area contributed by atoms with E-state index in [9.17, 15) is 0 Å². The lowest BCUT2D eigenvalue weighted by Crippen LogP contribution is -2.26. The van der Waals surface area contributed by atoms with E-state index < -0.39 is 0 Å². The van der Waals surface area contributed by atoms with Crippen molar-refractivity contribution in [2.24, 2.45) is 5.92 Å². The molecule has 0 aliphatic heterocycles. The SMILES string of the molecule is CCC1CCC(NCc2ccc(Cl)cn2)C1. The number of nitrogens with one attached hydrogen (secondary N) is 1. The minimum absolute atomic E-state index is 0.683. The van der Waals surface area contributed by atoms with Crippen LogP contribution < -0.4 is 5.32 Å². The summed E-state index contributed by atoms with van der Waals surface area (Å²) < 4.78 is 0. The van der Waals surface area contributed by atoms with Gasteiger partial charge in [-0.3, -0.25) is 4.98 Å². The molecule has 0 bridgehead atoms. The molecule has 0 amide bonds. The Morgan fingerprint density at radius 1 is 1.44 bits per heavy atom. The molecule has 1 aliphatic rings. The summed E-state index contributed by atoms with van der Waals surface area (Å²) in [4.78, 5) is 4.28. The van der Waals surface area contributed by atoms with Gasteiger partial charge in [-0.25, -0.2) is 0 Å². The van der Waals surface area contributed by atoms with Gasteiger partial charge in [0.1, 0.15) is 0 Å². The maximum atomic E-state index is 5.79. The molecule has 1 fully saturated rings. The number of aromatic nitrogens is 1. The maximum absolute atomic E-state index is 5.79. The van der Waals surface area contributed by atoms with E-state index in [1.807, 2.05) is 12.1 Å². The number of rotatable bonds is 4. The van der Waals surface area contributed by atoms with E-state index in [0.29, 0.717) is 11.1 Å². The van der Waals surface area contributed by atoms with Gasteiger partial charge in [0, 0.05) is 18.8 Å². The van der Waals surface area contributed by atoms with Crippen molar-refractivity contribution in [1.82, 2.24) is 10.3 Å². The fourth-order valence-corrected chi connectivity index (χ4v) is 2.50. The lowest BCUT2D eigenvalue weighted by atomic mass is 10.1. The number of nitrogens with zero attached hydrogens (tertiary/aromatic N) is 1. The lowest BCUT2D eigenvalue weighted by Gasteiger charge is -2.12. The summed E-state index contributed by atoms with van der Waals surface area (Å²) in [5, 5.41) is 4.28. The zero-order chi connectivity index (χ0) is 11.4. The summed E-state index contributed by atoms with van der Waals surface area (Å²) in [6, 6.07) is 4.57. The van der Waals surface area contributed by atoms with Crippen LogP contribution >= 0.6 is 11.6 Å². The topological polar surface area (TPSA) is 24.9 Å². The van der Waals surface area contributed by atoms with Crippen molar-refractivity contribution in [2.45, 2.75) is 45.2 Å². The zero-order valence-corrected chi connectivity index (χ0v) is 10.5. The Morgan fingerprint density at radius 3 is 2.94 bits per heavy atom. The molecular weight excluding hydrogens is 220 g/mol. The van der Waals surface area contributed by atoms with Crippen LogP contribution in [0.2, 0.25) is 5.02 Å². The second kappa shape index (κ2) is 5.65. The van der Waals surface area contributed by atoms with Crippen molar-refractivity contribution in [3.63, 3.8) is 0 Å². The lowest BCUT2D eigenvalue weighted by molar-refractivity contribution is 0.474. The number of hydrogen-bond acceptors (Lipinski definition) is 2. The molecule has 88 valence electrons. The van der Waals surface area contributed by atoms with E-state index >= 15 is 0 Å². The molecule has 1 aromatic heterocycles. The molecule has 1 aromatic rings. The van der Waals surface area contributed by atoms with Gasteiger partial charge in [0.25, 0.3) is 0 Å². The average molecular weight is 239 g/mol. The predicted octanol–water partition coefficient (Wildman–Crippen LogP) is 3.40. The van der Waals surface area contributed by atoms with Gasteiger partial charge in [0.2, 0.25) is 0 Å².